The Hall–Kier alpha value is -1.25. The fraction of sp³-hybridized carbons (Fsp3) is 0.667. The predicted molar refractivity (Wildman–Crippen MR) is 99.5 cm³/mol. The highest BCUT2D eigenvalue weighted by molar-refractivity contribution is 8.01. The maximum atomic E-state index is 12.0. The average molecular weight is 379 g/mol. The lowest BCUT2D eigenvalue weighted by molar-refractivity contribution is -0.119. The van der Waals surface area contributed by atoms with Crippen LogP contribution in [0.3, 0.4) is 0 Å². The lowest BCUT2D eigenvalue weighted by Crippen LogP contribution is -2.42. The third-order valence-electron chi connectivity index (χ3n) is 3.12. The fourth-order valence-corrected chi connectivity index (χ4v) is 2.68. The van der Waals surface area contributed by atoms with E-state index in [-0.39, 0.29) is 41.3 Å². The molecule has 0 saturated carbocycles. The summed E-state index contributed by atoms with van der Waals surface area (Å²) in [5.74, 6) is 1.35. The number of nitrogens with two attached hydrogens (primary N) is 1. The van der Waals surface area contributed by atoms with Gasteiger partial charge >= 0.3 is 0 Å². The second-order valence-corrected chi connectivity index (χ2v) is 7.22. The van der Waals surface area contributed by atoms with Gasteiger partial charge in [-0.1, -0.05) is 19.0 Å². The number of rotatable bonds is 9. The highest BCUT2D eigenvalue weighted by Gasteiger charge is 2.18. The van der Waals surface area contributed by atoms with Crippen molar-refractivity contribution in [3.8, 4) is 0 Å². The Morgan fingerprint density at radius 3 is 2.54 bits per heavy atom. The first-order chi connectivity index (χ1) is 10.8. The van der Waals surface area contributed by atoms with Gasteiger partial charge in [0.25, 0.3) is 0 Å². The highest BCUT2D eigenvalue weighted by Crippen LogP contribution is 2.14. The molecule has 1 aromatic heterocycles. The summed E-state index contributed by atoms with van der Waals surface area (Å²) in [5, 5.41) is 8.88. The van der Waals surface area contributed by atoms with Crippen molar-refractivity contribution in [2.24, 2.45) is 11.7 Å². The van der Waals surface area contributed by atoms with Crippen LogP contribution in [0.2, 0.25) is 0 Å². The first kappa shape index (κ1) is 22.8. The van der Waals surface area contributed by atoms with Crippen molar-refractivity contribution >= 4 is 41.8 Å². The normalized spacial score (nSPS) is 13.1. The van der Waals surface area contributed by atoms with Gasteiger partial charge in [0.15, 0.2) is 5.82 Å². The largest absolute Gasteiger partial charge is 0.360 e. The lowest BCUT2D eigenvalue weighted by Gasteiger charge is -2.19. The van der Waals surface area contributed by atoms with E-state index >= 15 is 0 Å². The second-order valence-electron chi connectivity index (χ2n) is 5.89. The number of nitrogens with one attached hydrogen (secondary N) is 2. The molecule has 0 aromatic carbocycles. The minimum Gasteiger partial charge on any atom is -0.360 e. The van der Waals surface area contributed by atoms with Crippen LogP contribution in [0.15, 0.2) is 10.6 Å². The SMILES string of the molecule is Cc1cc(NC(=O)C(C)SCC(=O)NC(CN)CC(C)C)no1.Cl. The molecule has 4 N–H and O–H groups in total. The number of hydrogen-bond acceptors (Lipinski definition) is 6. The van der Waals surface area contributed by atoms with Crippen LogP contribution < -0.4 is 16.4 Å². The van der Waals surface area contributed by atoms with Gasteiger partial charge in [-0.3, -0.25) is 9.59 Å². The molecule has 9 heteroatoms. The number of halogens is 1. The summed E-state index contributed by atoms with van der Waals surface area (Å²) in [7, 11) is 0. The summed E-state index contributed by atoms with van der Waals surface area (Å²) < 4.78 is 4.88. The first-order valence-corrected chi connectivity index (χ1v) is 8.71. The van der Waals surface area contributed by atoms with Crippen LogP contribution in [0.25, 0.3) is 0 Å². The fourth-order valence-electron chi connectivity index (χ4n) is 1.98. The maximum absolute atomic E-state index is 12.0. The Morgan fingerprint density at radius 1 is 1.38 bits per heavy atom. The Labute approximate surface area is 153 Å². The summed E-state index contributed by atoms with van der Waals surface area (Å²) in [4.78, 5) is 23.9. The Kier molecular flexibility index (Phi) is 10.7. The number of hydrogen-bond donors (Lipinski definition) is 3. The van der Waals surface area contributed by atoms with E-state index in [2.05, 4.69) is 29.6 Å². The monoisotopic (exact) mass is 378 g/mol. The lowest BCUT2D eigenvalue weighted by atomic mass is 10.0. The van der Waals surface area contributed by atoms with E-state index < -0.39 is 0 Å². The van der Waals surface area contributed by atoms with Crippen molar-refractivity contribution < 1.29 is 14.1 Å². The van der Waals surface area contributed by atoms with Gasteiger partial charge in [-0.2, -0.15) is 0 Å². The first-order valence-electron chi connectivity index (χ1n) is 7.67. The predicted octanol–water partition coefficient (Wildman–Crippen LogP) is 1.95. The van der Waals surface area contributed by atoms with Gasteiger partial charge in [-0.05, 0) is 26.2 Å². The van der Waals surface area contributed by atoms with Gasteiger partial charge in [0.05, 0.1) is 11.0 Å². The number of aromatic nitrogens is 1. The van der Waals surface area contributed by atoms with Gasteiger partial charge in [-0.15, -0.1) is 24.2 Å². The standard InChI is InChI=1S/C15H26N4O3S.ClH/c1-9(2)5-12(7-16)17-14(20)8-23-11(4)15(21)18-13-6-10(3)22-19-13;/h6,9,11-12H,5,7-8,16H2,1-4H3,(H,17,20)(H,18,19,21);1H. The summed E-state index contributed by atoms with van der Waals surface area (Å²) in [5.41, 5.74) is 5.66. The number of aryl methyl sites for hydroxylation is 1. The summed E-state index contributed by atoms with van der Waals surface area (Å²) >= 11 is 1.27. The van der Waals surface area contributed by atoms with Crippen LogP contribution in [-0.2, 0) is 9.59 Å². The molecule has 1 heterocycles. The van der Waals surface area contributed by atoms with Crippen molar-refractivity contribution in [2.45, 2.75) is 45.4 Å². The Morgan fingerprint density at radius 2 is 2.04 bits per heavy atom. The zero-order valence-corrected chi connectivity index (χ0v) is 16.1. The molecular formula is C15H27ClN4O3S. The van der Waals surface area contributed by atoms with Crippen molar-refractivity contribution in [3.05, 3.63) is 11.8 Å². The molecule has 24 heavy (non-hydrogen) atoms. The second kappa shape index (κ2) is 11.3. The Bertz CT molecular complexity index is 525. The van der Waals surface area contributed by atoms with Crippen molar-refractivity contribution in [3.63, 3.8) is 0 Å². The number of anilines is 1. The van der Waals surface area contributed by atoms with Crippen LogP contribution >= 0.6 is 24.2 Å². The van der Waals surface area contributed by atoms with Crippen molar-refractivity contribution in [1.82, 2.24) is 10.5 Å². The minimum atomic E-state index is -0.376. The van der Waals surface area contributed by atoms with E-state index in [0.29, 0.717) is 24.0 Å². The molecule has 0 saturated heterocycles. The van der Waals surface area contributed by atoms with E-state index in [1.165, 1.54) is 11.8 Å². The number of amides is 2. The van der Waals surface area contributed by atoms with Crippen LogP contribution in [-0.4, -0.2) is 40.6 Å². The molecule has 0 bridgehead atoms. The van der Waals surface area contributed by atoms with E-state index in [4.69, 9.17) is 10.3 Å². The molecule has 0 aliphatic carbocycles. The molecule has 0 aliphatic heterocycles. The number of nitrogens with zero attached hydrogens (tertiary/aromatic N) is 1. The summed E-state index contributed by atoms with van der Waals surface area (Å²) in [6.45, 7) is 8.07. The zero-order valence-electron chi connectivity index (χ0n) is 14.5. The van der Waals surface area contributed by atoms with Gasteiger partial charge in [0.2, 0.25) is 11.8 Å². The van der Waals surface area contributed by atoms with Crippen LogP contribution in [0.4, 0.5) is 5.82 Å². The quantitative estimate of drug-likeness (QED) is 0.605. The molecule has 0 aliphatic rings. The van der Waals surface area contributed by atoms with Crippen LogP contribution in [0.1, 0.15) is 33.0 Å². The van der Waals surface area contributed by atoms with Crippen molar-refractivity contribution in [1.29, 1.82) is 0 Å². The third kappa shape index (κ3) is 8.56. The summed E-state index contributed by atoms with van der Waals surface area (Å²) in [6, 6.07) is 1.62. The van der Waals surface area contributed by atoms with E-state index in [0.717, 1.165) is 6.42 Å². The number of thioether (sulfide) groups is 1. The molecule has 138 valence electrons. The molecule has 7 nitrogen and oxygen atoms in total. The summed E-state index contributed by atoms with van der Waals surface area (Å²) in [6.07, 6.45) is 0.842. The molecule has 2 unspecified atom stereocenters. The van der Waals surface area contributed by atoms with Crippen molar-refractivity contribution in [2.75, 3.05) is 17.6 Å². The highest BCUT2D eigenvalue weighted by atomic mass is 35.5. The maximum Gasteiger partial charge on any atom is 0.238 e. The van der Waals surface area contributed by atoms with Gasteiger partial charge < -0.3 is 20.9 Å². The molecule has 0 radical (unpaired) electrons. The van der Waals surface area contributed by atoms with E-state index in [1.54, 1.807) is 19.9 Å². The van der Waals surface area contributed by atoms with E-state index in [9.17, 15) is 9.59 Å². The molecule has 1 rings (SSSR count). The molecule has 2 atom stereocenters. The minimum absolute atomic E-state index is 0. The van der Waals surface area contributed by atoms with Crippen LogP contribution in [0.5, 0.6) is 0 Å². The molecule has 0 spiro atoms. The smallest absolute Gasteiger partial charge is 0.238 e. The number of carbonyl (C=O) groups excluding carboxylic acids is 2. The van der Waals surface area contributed by atoms with E-state index in [1.807, 2.05) is 0 Å². The van der Waals surface area contributed by atoms with Gasteiger partial charge in [-0.25, -0.2) is 0 Å². The molecule has 2 amide bonds. The molecule has 0 fully saturated rings. The molecule has 1 aromatic rings. The van der Waals surface area contributed by atoms with Gasteiger partial charge in [0.1, 0.15) is 5.76 Å². The van der Waals surface area contributed by atoms with Crippen LogP contribution in [0, 0.1) is 12.8 Å². The van der Waals surface area contributed by atoms with Gasteiger partial charge in [0, 0.05) is 18.7 Å². The average Bonchev–Trinajstić information content (AvgIpc) is 2.88. The number of carbonyl (C=O) groups is 2. The third-order valence-corrected chi connectivity index (χ3v) is 4.26. The molecular weight excluding hydrogens is 352 g/mol. The Balaban J connectivity index is 0.00000529. The zero-order chi connectivity index (χ0) is 17.4. The topological polar surface area (TPSA) is 110 Å².